The van der Waals surface area contributed by atoms with Gasteiger partial charge in [-0.15, -0.1) is 0 Å². The van der Waals surface area contributed by atoms with Gasteiger partial charge in [-0.1, -0.05) is 12.1 Å². The van der Waals surface area contributed by atoms with Crippen molar-refractivity contribution in [2.45, 2.75) is 24.9 Å². The van der Waals surface area contributed by atoms with Gasteiger partial charge in [0.2, 0.25) is 0 Å². The highest BCUT2D eigenvalue weighted by atomic mass is 79.9. The smallest absolute Gasteiger partial charge is 0.140 e. The van der Waals surface area contributed by atoms with Gasteiger partial charge in [-0.05, 0) is 46.3 Å². The highest BCUT2D eigenvalue weighted by molar-refractivity contribution is 9.10. The second kappa shape index (κ2) is 3.99. The summed E-state index contributed by atoms with van der Waals surface area (Å²) in [4.78, 5) is 0. The molecule has 0 aliphatic heterocycles. The first-order valence-corrected chi connectivity index (χ1v) is 5.48. The third kappa shape index (κ3) is 1.71. The van der Waals surface area contributed by atoms with E-state index in [1.807, 2.05) is 12.1 Å². The fourth-order valence-electron chi connectivity index (χ4n) is 1.85. The quantitative estimate of drug-likeness (QED) is 0.790. The van der Waals surface area contributed by atoms with Gasteiger partial charge < -0.3 is 4.74 Å². The lowest BCUT2D eigenvalue weighted by atomic mass is 9.77. The molecule has 0 unspecified atom stereocenters. The maximum absolute atomic E-state index is 13.6. The molecule has 3 heteroatoms. The van der Waals surface area contributed by atoms with Gasteiger partial charge in [-0.2, -0.15) is 0 Å². The summed E-state index contributed by atoms with van der Waals surface area (Å²) in [5, 5.41) is 0. The fourth-order valence-corrected chi connectivity index (χ4v) is 2.23. The second-order valence-corrected chi connectivity index (χ2v) is 4.52. The Balaban J connectivity index is 2.14. The Kier molecular flexibility index (Phi) is 2.88. The van der Waals surface area contributed by atoms with Crippen LogP contribution in [0.5, 0.6) is 0 Å². The Labute approximate surface area is 91.4 Å². The van der Waals surface area contributed by atoms with Crippen molar-refractivity contribution in [3.63, 3.8) is 0 Å². The zero-order valence-corrected chi connectivity index (χ0v) is 9.55. The predicted octanol–water partition coefficient (Wildman–Crippen LogP) is 3.48. The molecule has 0 radical (unpaired) electrons. The van der Waals surface area contributed by atoms with Gasteiger partial charge in [0.1, 0.15) is 5.82 Å². The Bertz CT molecular complexity index is 334. The lowest BCUT2D eigenvalue weighted by Crippen LogP contribution is -2.29. The predicted molar refractivity (Wildman–Crippen MR) is 56.9 cm³/mol. The van der Waals surface area contributed by atoms with Gasteiger partial charge in [-0.25, -0.2) is 4.39 Å². The molecule has 0 atom stereocenters. The number of hydrogen-bond acceptors (Lipinski definition) is 1. The topological polar surface area (TPSA) is 9.23 Å². The van der Waals surface area contributed by atoms with Gasteiger partial charge in [0, 0.05) is 7.11 Å². The maximum atomic E-state index is 13.6. The molecule has 0 heterocycles. The van der Waals surface area contributed by atoms with E-state index >= 15 is 0 Å². The third-order valence-electron chi connectivity index (χ3n) is 2.85. The second-order valence-electron chi connectivity index (χ2n) is 3.67. The van der Waals surface area contributed by atoms with Gasteiger partial charge in [0.05, 0.1) is 10.6 Å². The van der Waals surface area contributed by atoms with Crippen LogP contribution in [0.4, 0.5) is 4.39 Å². The van der Waals surface area contributed by atoms with Crippen LogP contribution in [-0.4, -0.2) is 13.2 Å². The average Bonchev–Trinajstić information content (AvgIpc) is 2.10. The highest BCUT2D eigenvalue weighted by Gasteiger charge is 2.32. The molecule has 1 saturated carbocycles. The van der Waals surface area contributed by atoms with E-state index in [9.17, 15) is 4.39 Å². The molecule has 14 heavy (non-hydrogen) atoms. The SMILES string of the molecule is CO[C@H]1C[C@@H](c2cccc(Br)c2F)C1. The van der Waals surface area contributed by atoms with E-state index < -0.39 is 0 Å². The van der Waals surface area contributed by atoms with Crippen LogP contribution < -0.4 is 0 Å². The van der Waals surface area contributed by atoms with Crippen molar-refractivity contribution in [3.8, 4) is 0 Å². The summed E-state index contributed by atoms with van der Waals surface area (Å²) in [6.07, 6.45) is 2.19. The molecule has 0 amide bonds. The lowest BCUT2D eigenvalue weighted by Gasteiger charge is -2.34. The zero-order valence-electron chi connectivity index (χ0n) is 7.97. The number of ether oxygens (including phenoxy) is 1. The first-order valence-electron chi connectivity index (χ1n) is 4.69. The molecule has 1 nitrogen and oxygen atoms in total. The van der Waals surface area contributed by atoms with Crippen molar-refractivity contribution in [1.82, 2.24) is 0 Å². The zero-order chi connectivity index (χ0) is 10.1. The first kappa shape index (κ1) is 10.1. The van der Waals surface area contributed by atoms with Crippen molar-refractivity contribution < 1.29 is 9.13 Å². The van der Waals surface area contributed by atoms with E-state index in [1.165, 1.54) is 0 Å². The van der Waals surface area contributed by atoms with Crippen molar-refractivity contribution in [1.29, 1.82) is 0 Å². The number of hydrogen-bond donors (Lipinski definition) is 0. The van der Waals surface area contributed by atoms with Crippen LogP contribution >= 0.6 is 15.9 Å². The summed E-state index contributed by atoms with van der Waals surface area (Å²) in [5.74, 6) is 0.213. The van der Waals surface area contributed by atoms with Crippen LogP contribution in [-0.2, 0) is 4.74 Å². The molecule has 76 valence electrons. The van der Waals surface area contributed by atoms with E-state index in [-0.39, 0.29) is 5.82 Å². The van der Waals surface area contributed by atoms with E-state index in [0.29, 0.717) is 16.5 Å². The molecular weight excluding hydrogens is 247 g/mol. The van der Waals surface area contributed by atoms with Crippen LogP contribution in [0.15, 0.2) is 22.7 Å². The largest absolute Gasteiger partial charge is 0.381 e. The van der Waals surface area contributed by atoms with Crippen LogP contribution in [0.2, 0.25) is 0 Å². The summed E-state index contributed by atoms with van der Waals surface area (Å²) < 4.78 is 19.3. The van der Waals surface area contributed by atoms with Gasteiger partial charge >= 0.3 is 0 Å². The average molecular weight is 259 g/mol. The fraction of sp³-hybridized carbons (Fsp3) is 0.455. The summed E-state index contributed by atoms with van der Waals surface area (Å²) in [6.45, 7) is 0. The molecule has 0 saturated heterocycles. The van der Waals surface area contributed by atoms with E-state index in [2.05, 4.69) is 15.9 Å². The monoisotopic (exact) mass is 258 g/mol. The van der Waals surface area contributed by atoms with Crippen molar-refractivity contribution in [2.24, 2.45) is 0 Å². The molecule has 1 aliphatic rings. The minimum atomic E-state index is -0.118. The van der Waals surface area contributed by atoms with Crippen molar-refractivity contribution in [2.75, 3.05) is 7.11 Å². The molecule has 0 spiro atoms. The first-order chi connectivity index (χ1) is 6.72. The standard InChI is InChI=1S/C11H12BrFO/c1-14-8-5-7(6-8)9-3-2-4-10(12)11(9)13/h2-4,7-8H,5-6H2,1H3/t7-,8+. The summed E-state index contributed by atoms with van der Waals surface area (Å²) in [5.41, 5.74) is 0.813. The van der Waals surface area contributed by atoms with Crippen LogP contribution in [0.25, 0.3) is 0 Å². The highest BCUT2D eigenvalue weighted by Crippen LogP contribution is 2.40. The van der Waals surface area contributed by atoms with Gasteiger partial charge in [-0.3, -0.25) is 0 Å². The molecule has 0 N–H and O–H groups in total. The van der Waals surface area contributed by atoms with E-state index in [1.54, 1.807) is 13.2 Å². The van der Waals surface area contributed by atoms with Crippen LogP contribution in [0.1, 0.15) is 24.3 Å². The van der Waals surface area contributed by atoms with Gasteiger partial charge in [0.15, 0.2) is 0 Å². The number of halogens is 2. The molecule has 1 aliphatic carbocycles. The molecule has 1 fully saturated rings. The van der Waals surface area contributed by atoms with Crippen molar-refractivity contribution in [3.05, 3.63) is 34.1 Å². The van der Waals surface area contributed by atoms with Crippen molar-refractivity contribution >= 4 is 15.9 Å². The molecule has 0 aromatic heterocycles. The number of rotatable bonds is 2. The van der Waals surface area contributed by atoms with E-state index in [4.69, 9.17) is 4.74 Å². The Hall–Kier alpha value is -0.410. The summed E-state index contributed by atoms with van der Waals surface area (Å²) >= 11 is 3.19. The third-order valence-corrected chi connectivity index (χ3v) is 3.46. The summed E-state index contributed by atoms with van der Waals surface area (Å²) in [6, 6.07) is 5.46. The Morgan fingerprint density at radius 1 is 1.43 bits per heavy atom. The van der Waals surface area contributed by atoms with Crippen LogP contribution in [0, 0.1) is 5.82 Å². The molecule has 1 aromatic carbocycles. The van der Waals surface area contributed by atoms with E-state index in [0.717, 1.165) is 18.4 Å². The molecule has 1 aromatic rings. The maximum Gasteiger partial charge on any atom is 0.140 e. The summed E-state index contributed by atoms with van der Waals surface area (Å²) in [7, 11) is 1.71. The molecule has 2 rings (SSSR count). The minimum absolute atomic E-state index is 0.118. The lowest BCUT2D eigenvalue weighted by molar-refractivity contribution is 0.0249. The Morgan fingerprint density at radius 2 is 2.14 bits per heavy atom. The molecular formula is C11H12BrFO. The normalized spacial score (nSPS) is 25.9. The minimum Gasteiger partial charge on any atom is -0.381 e. The Morgan fingerprint density at radius 3 is 2.79 bits per heavy atom. The number of methoxy groups -OCH3 is 1. The molecule has 0 bridgehead atoms. The van der Waals surface area contributed by atoms with Gasteiger partial charge in [0.25, 0.3) is 0 Å². The van der Waals surface area contributed by atoms with Crippen LogP contribution in [0.3, 0.4) is 0 Å². The number of benzene rings is 1.